The molecule has 1 aliphatic heterocycles. The van der Waals surface area contributed by atoms with E-state index >= 15 is 0 Å². The standard InChI is InChI=1S/C17H16N2O3/c1-17(11-12-6-4-3-5-7-12)14-10-13(19(21)22)8-9-15(14)18(2)16(17)20/h3-10H,11H2,1-2H3. The summed E-state index contributed by atoms with van der Waals surface area (Å²) in [6.45, 7) is 1.86. The highest BCUT2D eigenvalue weighted by atomic mass is 16.6. The first-order chi connectivity index (χ1) is 10.4. The number of carbonyl (C=O) groups excluding carboxylic acids is 1. The van der Waals surface area contributed by atoms with Gasteiger partial charge in [0.2, 0.25) is 5.91 Å². The van der Waals surface area contributed by atoms with Gasteiger partial charge in [0.25, 0.3) is 5.69 Å². The molecule has 1 aliphatic rings. The summed E-state index contributed by atoms with van der Waals surface area (Å²) in [7, 11) is 1.71. The van der Waals surface area contributed by atoms with Crippen LogP contribution in [0, 0.1) is 10.1 Å². The van der Waals surface area contributed by atoms with Gasteiger partial charge in [-0.05, 0) is 30.5 Å². The molecule has 3 rings (SSSR count). The topological polar surface area (TPSA) is 63.5 Å². The van der Waals surface area contributed by atoms with E-state index in [1.165, 1.54) is 12.1 Å². The van der Waals surface area contributed by atoms with E-state index < -0.39 is 10.3 Å². The molecule has 0 spiro atoms. The fourth-order valence-electron chi connectivity index (χ4n) is 3.14. The molecule has 1 atom stereocenters. The fraction of sp³-hybridized carbons (Fsp3) is 0.235. The lowest BCUT2D eigenvalue weighted by Crippen LogP contribution is -2.37. The zero-order chi connectivity index (χ0) is 15.9. The average molecular weight is 296 g/mol. The minimum Gasteiger partial charge on any atom is -0.314 e. The molecule has 2 aromatic rings. The number of fused-ring (bicyclic) bond motifs is 1. The zero-order valence-electron chi connectivity index (χ0n) is 12.4. The molecule has 1 amide bonds. The number of non-ortho nitro benzene ring substituents is 1. The number of hydrogen-bond donors (Lipinski definition) is 0. The van der Waals surface area contributed by atoms with Crippen LogP contribution in [0.25, 0.3) is 0 Å². The fourth-order valence-corrected chi connectivity index (χ4v) is 3.14. The average Bonchev–Trinajstić information content (AvgIpc) is 2.70. The Labute approximate surface area is 128 Å². The van der Waals surface area contributed by atoms with Gasteiger partial charge in [0.1, 0.15) is 0 Å². The number of nitro benzene ring substituents is 1. The highest BCUT2D eigenvalue weighted by Crippen LogP contribution is 2.44. The van der Waals surface area contributed by atoms with Crippen molar-refractivity contribution in [2.75, 3.05) is 11.9 Å². The van der Waals surface area contributed by atoms with Crippen molar-refractivity contribution in [2.24, 2.45) is 0 Å². The molecular weight excluding hydrogens is 280 g/mol. The minimum absolute atomic E-state index is 0.0149. The zero-order valence-corrected chi connectivity index (χ0v) is 12.4. The molecular formula is C17H16N2O3. The van der Waals surface area contributed by atoms with Gasteiger partial charge >= 0.3 is 0 Å². The number of rotatable bonds is 3. The van der Waals surface area contributed by atoms with Gasteiger partial charge in [-0.25, -0.2) is 0 Å². The molecule has 0 radical (unpaired) electrons. The van der Waals surface area contributed by atoms with Gasteiger partial charge in [-0.2, -0.15) is 0 Å². The number of amides is 1. The number of nitrogens with zero attached hydrogens (tertiary/aromatic N) is 2. The number of hydrogen-bond acceptors (Lipinski definition) is 3. The van der Waals surface area contributed by atoms with Crippen LogP contribution in [0.5, 0.6) is 0 Å². The number of nitro groups is 1. The summed E-state index contributed by atoms with van der Waals surface area (Å²) < 4.78 is 0. The summed E-state index contributed by atoms with van der Waals surface area (Å²) in [6.07, 6.45) is 0.519. The van der Waals surface area contributed by atoms with Crippen molar-refractivity contribution in [3.8, 4) is 0 Å². The van der Waals surface area contributed by atoms with Crippen molar-refractivity contribution >= 4 is 17.3 Å². The molecule has 1 unspecified atom stereocenters. The maximum atomic E-state index is 12.7. The second-order valence-electron chi connectivity index (χ2n) is 5.82. The maximum Gasteiger partial charge on any atom is 0.269 e. The van der Waals surface area contributed by atoms with Crippen molar-refractivity contribution < 1.29 is 9.72 Å². The molecule has 22 heavy (non-hydrogen) atoms. The van der Waals surface area contributed by atoms with Crippen LogP contribution < -0.4 is 4.90 Å². The normalized spacial score (nSPS) is 20.1. The lowest BCUT2D eigenvalue weighted by Gasteiger charge is -2.23. The molecule has 5 nitrogen and oxygen atoms in total. The Hall–Kier alpha value is -2.69. The monoisotopic (exact) mass is 296 g/mol. The summed E-state index contributed by atoms with van der Waals surface area (Å²) in [6, 6.07) is 14.3. The molecule has 0 saturated carbocycles. The molecule has 2 aromatic carbocycles. The van der Waals surface area contributed by atoms with E-state index in [2.05, 4.69) is 0 Å². The van der Waals surface area contributed by atoms with Gasteiger partial charge in [0, 0.05) is 24.9 Å². The molecule has 1 heterocycles. The number of benzene rings is 2. The van der Waals surface area contributed by atoms with Gasteiger partial charge in [-0.15, -0.1) is 0 Å². The van der Waals surface area contributed by atoms with E-state index in [1.54, 1.807) is 18.0 Å². The largest absolute Gasteiger partial charge is 0.314 e. The highest BCUT2D eigenvalue weighted by molar-refractivity contribution is 6.07. The number of carbonyl (C=O) groups is 1. The maximum absolute atomic E-state index is 12.7. The summed E-state index contributed by atoms with van der Waals surface area (Å²) in [5.74, 6) is -0.0353. The van der Waals surface area contributed by atoms with E-state index in [1.807, 2.05) is 37.3 Å². The smallest absolute Gasteiger partial charge is 0.269 e. The highest BCUT2D eigenvalue weighted by Gasteiger charge is 2.46. The Kier molecular flexibility index (Phi) is 3.20. The predicted molar refractivity (Wildman–Crippen MR) is 84.0 cm³/mol. The van der Waals surface area contributed by atoms with Crippen molar-refractivity contribution in [3.05, 3.63) is 69.8 Å². The molecule has 5 heteroatoms. The van der Waals surface area contributed by atoms with Gasteiger partial charge in [0.05, 0.1) is 10.3 Å². The van der Waals surface area contributed by atoms with Crippen LogP contribution in [-0.2, 0) is 16.6 Å². The third-order valence-electron chi connectivity index (χ3n) is 4.32. The molecule has 0 saturated heterocycles. The summed E-state index contributed by atoms with van der Waals surface area (Å²) in [5, 5.41) is 11.0. The minimum atomic E-state index is -0.780. The van der Waals surface area contributed by atoms with Crippen molar-refractivity contribution in [3.63, 3.8) is 0 Å². The molecule has 0 N–H and O–H groups in total. The number of likely N-dealkylation sites (N-methyl/N-ethyl adjacent to an activating group) is 1. The molecule has 0 aromatic heterocycles. The second kappa shape index (κ2) is 4.94. The van der Waals surface area contributed by atoms with E-state index in [0.717, 1.165) is 16.8 Å². The number of anilines is 1. The van der Waals surface area contributed by atoms with Crippen LogP contribution in [0.3, 0.4) is 0 Å². The van der Waals surface area contributed by atoms with Crippen molar-refractivity contribution in [2.45, 2.75) is 18.8 Å². The summed E-state index contributed by atoms with van der Waals surface area (Å²) in [4.78, 5) is 24.9. The van der Waals surface area contributed by atoms with Crippen molar-refractivity contribution in [1.82, 2.24) is 0 Å². The third-order valence-corrected chi connectivity index (χ3v) is 4.32. The van der Waals surface area contributed by atoms with Crippen LogP contribution in [0.2, 0.25) is 0 Å². The Morgan fingerprint density at radius 2 is 1.86 bits per heavy atom. The lowest BCUT2D eigenvalue weighted by atomic mass is 9.78. The van der Waals surface area contributed by atoms with Gasteiger partial charge < -0.3 is 4.90 Å². The van der Waals surface area contributed by atoms with Crippen molar-refractivity contribution in [1.29, 1.82) is 0 Å². The Morgan fingerprint density at radius 3 is 2.50 bits per heavy atom. The molecule has 0 bridgehead atoms. The van der Waals surface area contributed by atoms with Crippen LogP contribution >= 0.6 is 0 Å². The van der Waals surface area contributed by atoms with E-state index in [0.29, 0.717) is 6.42 Å². The molecule has 112 valence electrons. The molecule has 0 aliphatic carbocycles. The van der Waals surface area contributed by atoms with Gasteiger partial charge in [-0.3, -0.25) is 14.9 Å². The Morgan fingerprint density at radius 1 is 1.18 bits per heavy atom. The van der Waals surface area contributed by atoms with Gasteiger partial charge in [-0.1, -0.05) is 30.3 Å². The van der Waals surface area contributed by atoms with E-state index in [4.69, 9.17) is 0 Å². The predicted octanol–water partition coefficient (Wildman–Crippen LogP) is 3.07. The Balaban J connectivity index is 2.11. The second-order valence-corrected chi connectivity index (χ2v) is 5.82. The molecule has 0 fully saturated rings. The quantitative estimate of drug-likeness (QED) is 0.646. The Bertz CT molecular complexity index is 758. The first-order valence-corrected chi connectivity index (χ1v) is 7.04. The van der Waals surface area contributed by atoms with Crippen LogP contribution in [0.4, 0.5) is 11.4 Å². The van der Waals surface area contributed by atoms with Gasteiger partial charge in [0.15, 0.2) is 0 Å². The third kappa shape index (κ3) is 2.06. The summed E-state index contributed by atoms with van der Waals surface area (Å²) in [5.41, 5.74) is 1.73. The SMILES string of the molecule is CN1C(=O)C(C)(Cc2ccccc2)c2cc([N+](=O)[O-])ccc21. The first-order valence-electron chi connectivity index (χ1n) is 7.04. The van der Waals surface area contributed by atoms with E-state index in [-0.39, 0.29) is 11.6 Å². The van der Waals surface area contributed by atoms with E-state index in [9.17, 15) is 14.9 Å². The van der Waals surface area contributed by atoms with Crippen LogP contribution in [0.15, 0.2) is 48.5 Å². The summed E-state index contributed by atoms with van der Waals surface area (Å²) >= 11 is 0. The van der Waals surface area contributed by atoms with Crippen LogP contribution in [-0.4, -0.2) is 17.9 Å². The van der Waals surface area contributed by atoms with Crippen LogP contribution in [0.1, 0.15) is 18.1 Å². The first kappa shape index (κ1) is 14.3. The lowest BCUT2D eigenvalue weighted by molar-refractivity contribution is -0.384.